The molecule has 3 aromatic heterocycles. The summed E-state index contributed by atoms with van der Waals surface area (Å²) >= 11 is 1.59. The minimum Gasteiger partial charge on any atom is -0.364 e. The Bertz CT molecular complexity index is 889. The van der Waals surface area contributed by atoms with Crippen molar-refractivity contribution in [3.05, 3.63) is 60.9 Å². The second-order valence-corrected chi connectivity index (χ2v) is 5.55. The SMILES string of the molecule is c1ccc(-n2ncc3c(SCc4ccon4)ncnc32)cc1. The first-order valence-electron chi connectivity index (χ1n) is 6.68. The minimum absolute atomic E-state index is 0.694. The number of hydrogen-bond donors (Lipinski definition) is 0. The molecule has 0 fully saturated rings. The van der Waals surface area contributed by atoms with Crippen molar-refractivity contribution in [2.75, 3.05) is 0 Å². The van der Waals surface area contributed by atoms with E-state index in [1.165, 1.54) is 0 Å². The predicted molar refractivity (Wildman–Crippen MR) is 82.7 cm³/mol. The van der Waals surface area contributed by atoms with Crippen LogP contribution in [0.5, 0.6) is 0 Å². The molecule has 6 nitrogen and oxygen atoms in total. The Morgan fingerprint density at radius 1 is 1.09 bits per heavy atom. The van der Waals surface area contributed by atoms with E-state index in [9.17, 15) is 0 Å². The van der Waals surface area contributed by atoms with Crippen molar-refractivity contribution in [3.8, 4) is 5.69 Å². The normalized spacial score (nSPS) is 11.1. The highest BCUT2D eigenvalue weighted by molar-refractivity contribution is 7.98. The number of rotatable bonds is 4. The van der Waals surface area contributed by atoms with Crippen LogP contribution >= 0.6 is 11.8 Å². The Labute approximate surface area is 130 Å². The lowest BCUT2D eigenvalue weighted by Gasteiger charge is -2.03. The zero-order valence-electron chi connectivity index (χ0n) is 11.5. The molecule has 4 aromatic rings. The summed E-state index contributed by atoms with van der Waals surface area (Å²) in [7, 11) is 0. The standard InChI is InChI=1S/C15H11N5OS/c1-2-4-12(5-3-1)20-14-13(8-18-20)15(17-10-16-14)22-9-11-6-7-21-19-11/h1-8,10H,9H2. The van der Waals surface area contributed by atoms with E-state index in [0.29, 0.717) is 5.75 Å². The van der Waals surface area contributed by atoms with Crippen LogP contribution in [0.25, 0.3) is 16.7 Å². The molecular formula is C15H11N5OS. The Morgan fingerprint density at radius 3 is 2.82 bits per heavy atom. The van der Waals surface area contributed by atoms with Crippen LogP contribution in [0.2, 0.25) is 0 Å². The van der Waals surface area contributed by atoms with Crippen molar-refractivity contribution in [2.24, 2.45) is 0 Å². The van der Waals surface area contributed by atoms with E-state index in [0.717, 1.165) is 27.4 Å². The average Bonchev–Trinajstić information content (AvgIpc) is 3.23. The predicted octanol–water partition coefficient (Wildman–Crippen LogP) is 3.10. The van der Waals surface area contributed by atoms with Gasteiger partial charge in [0.05, 0.1) is 23.0 Å². The summed E-state index contributed by atoms with van der Waals surface area (Å²) in [4.78, 5) is 8.72. The molecule has 0 atom stereocenters. The van der Waals surface area contributed by atoms with Crippen LogP contribution < -0.4 is 0 Å². The topological polar surface area (TPSA) is 69.6 Å². The summed E-state index contributed by atoms with van der Waals surface area (Å²) < 4.78 is 6.66. The van der Waals surface area contributed by atoms with Gasteiger partial charge in [0.1, 0.15) is 17.6 Å². The third-order valence-corrected chi connectivity index (χ3v) is 4.22. The fourth-order valence-corrected chi connectivity index (χ4v) is 3.00. The summed E-state index contributed by atoms with van der Waals surface area (Å²) in [6, 6.07) is 11.8. The molecule has 7 heteroatoms. The number of fused-ring (bicyclic) bond motifs is 1. The van der Waals surface area contributed by atoms with Crippen molar-refractivity contribution in [3.63, 3.8) is 0 Å². The molecule has 0 bridgehead atoms. The highest BCUT2D eigenvalue weighted by Gasteiger charge is 2.11. The van der Waals surface area contributed by atoms with Gasteiger partial charge in [0.25, 0.3) is 0 Å². The smallest absolute Gasteiger partial charge is 0.167 e. The van der Waals surface area contributed by atoms with E-state index in [1.54, 1.807) is 30.5 Å². The van der Waals surface area contributed by atoms with E-state index in [2.05, 4.69) is 20.2 Å². The van der Waals surface area contributed by atoms with Gasteiger partial charge in [-0.15, -0.1) is 0 Å². The molecule has 4 rings (SSSR count). The highest BCUT2D eigenvalue weighted by Crippen LogP contribution is 2.27. The average molecular weight is 309 g/mol. The Morgan fingerprint density at radius 2 is 2.00 bits per heavy atom. The quantitative estimate of drug-likeness (QED) is 0.426. The van der Waals surface area contributed by atoms with Gasteiger partial charge in [-0.25, -0.2) is 14.6 Å². The first-order valence-corrected chi connectivity index (χ1v) is 7.66. The molecule has 0 amide bonds. The fraction of sp³-hybridized carbons (Fsp3) is 0.0667. The Balaban J connectivity index is 1.71. The van der Waals surface area contributed by atoms with Crippen LogP contribution in [0.3, 0.4) is 0 Å². The molecule has 0 spiro atoms. The monoisotopic (exact) mass is 309 g/mol. The molecule has 0 aliphatic carbocycles. The fourth-order valence-electron chi connectivity index (χ4n) is 2.15. The number of thioether (sulfide) groups is 1. The van der Waals surface area contributed by atoms with Crippen LogP contribution in [0.1, 0.15) is 5.69 Å². The van der Waals surface area contributed by atoms with Gasteiger partial charge in [-0.05, 0) is 12.1 Å². The van der Waals surface area contributed by atoms with Gasteiger partial charge in [0.15, 0.2) is 5.65 Å². The van der Waals surface area contributed by atoms with Crippen LogP contribution in [-0.2, 0) is 5.75 Å². The maximum Gasteiger partial charge on any atom is 0.167 e. The summed E-state index contributed by atoms with van der Waals surface area (Å²) in [6.45, 7) is 0. The first kappa shape index (κ1) is 13.0. The van der Waals surface area contributed by atoms with Crippen molar-refractivity contribution in [1.29, 1.82) is 0 Å². The van der Waals surface area contributed by atoms with Gasteiger partial charge < -0.3 is 4.52 Å². The zero-order chi connectivity index (χ0) is 14.8. The second kappa shape index (κ2) is 5.61. The van der Waals surface area contributed by atoms with Crippen LogP contribution in [0.15, 0.2) is 64.7 Å². The van der Waals surface area contributed by atoms with Crippen LogP contribution in [0, 0.1) is 0 Å². The highest BCUT2D eigenvalue weighted by atomic mass is 32.2. The van der Waals surface area contributed by atoms with Gasteiger partial charge in [0, 0.05) is 11.8 Å². The molecule has 1 aromatic carbocycles. The van der Waals surface area contributed by atoms with Gasteiger partial charge >= 0.3 is 0 Å². The molecular weight excluding hydrogens is 298 g/mol. The van der Waals surface area contributed by atoms with Crippen LogP contribution in [0.4, 0.5) is 0 Å². The zero-order valence-corrected chi connectivity index (χ0v) is 12.3. The van der Waals surface area contributed by atoms with E-state index in [-0.39, 0.29) is 0 Å². The Kier molecular flexibility index (Phi) is 3.32. The van der Waals surface area contributed by atoms with E-state index < -0.39 is 0 Å². The molecule has 0 aliphatic rings. The van der Waals surface area contributed by atoms with Gasteiger partial charge in [0.2, 0.25) is 0 Å². The van der Waals surface area contributed by atoms with Crippen LogP contribution in [-0.4, -0.2) is 24.9 Å². The summed E-state index contributed by atoms with van der Waals surface area (Å²) in [5, 5.41) is 10.2. The molecule has 108 valence electrons. The molecule has 0 unspecified atom stereocenters. The van der Waals surface area contributed by atoms with Crippen molar-refractivity contribution in [2.45, 2.75) is 10.8 Å². The first-order chi connectivity index (χ1) is 10.9. The van der Waals surface area contributed by atoms with Crippen molar-refractivity contribution < 1.29 is 4.52 Å². The molecule has 0 saturated carbocycles. The molecule has 3 heterocycles. The summed E-state index contributed by atoms with van der Waals surface area (Å²) in [5.74, 6) is 0.694. The molecule has 0 saturated heterocycles. The largest absolute Gasteiger partial charge is 0.364 e. The Hall–Kier alpha value is -2.67. The summed E-state index contributed by atoms with van der Waals surface area (Å²) in [5.41, 5.74) is 2.65. The van der Waals surface area contributed by atoms with Gasteiger partial charge in [-0.1, -0.05) is 35.1 Å². The molecule has 0 radical (unpaired) electrons. The number of nitrogens with zero attached hydrogens (tertiary/aromatic N) is 5. The molecule has 0 aliphatic heterocycles. The van der Waals surface area contributed by atoms with Gasteiger partial charge in [-0.2, -0.15) is 5.10 Å². The molecule has 22 heavy (non-hydrogen) atoms. The number of hydrogen-bond acceptors (Lipinski definition) is 6. The molecule has 0 N–H and O–H groups in total. The van der Waals surface area contributed by atoms with E-state index in [4.69, 9.17) is 4.52 Å². The van der Waals surface area contributed by atoms with Crippen molar-refractivity contribution in [1.82, 2.24) is 24.9 Å². The second-order valence-electron chi connectivity index (χ2n) is 4.59. The minimum atomic E-state index is 0.694. The third kappa shape index (κ3) is 2.35. The summed E-state index contributed by atoms with van der Waals surface area (Å²) in [6.07, 6.45) is 4.93. The lowest BCUT2D eigenvalue weighted by Crippen LogP contribution is -1.97. The maximum atomic E-state index is 4.84. The third-order valence-electron chi connectivity index (χ3n) is 3.18. The number of benzene rings is 1. The lowest BCUT2D eigenvalue weighted by atomic mass is 10.3. The number of aromatic nitrogens is 5. The lowest BCUT2D eigenvalue weighted by molar-refractivity contribution is 0.414. The van der Waals surface area contributed by atoms with E-state index >= 15 is 0 Å². The maximum absolute atomic E-state index is 4.84. The van der Waals surface area contributed by atoms with Gasteiger partial charge in [-0.3, -0.25) is 0 Å². The van der Waals surface area contributed by atoms with E-state index in [1.807, 2.05) is 41.1 Å². The van der Waals surface area contributed by atoms with Crippen molar-refractivity contribution >= 4 is 22.8 Å². The number of para-hydroxylation sites is 1.